The zero-order chi connectivity index (χ0) is 14.0. The van der Waals surface area contributed by atoms with Crippen molar-refractivity contribution in [1.29, 1.82) is 0 Å². The summed E-state index contributed by atoms with van der Waals surface area (Å²) in [4.78, 5) is 24.2. The molecule has 0 amide bonds. The molecule has 0 atom stereocenters. The second-order valence-electron chi connectivity index (χ2n) is 6.53. The number of Topliss-reactive ketones (excluding diaryl/α,β-unsaturated/α-hetero) is 2. The first kappa shape index (κ1) is 14.0. The molecule has 2 heteroatoms. The summed E-state index contributed by atoms with van der Waals surface area (Å²) < 4.78 is 0. The van der Waals surface area contributed by atoms with Gasteiger partial charge in [-0.3, -0.25) is 9.59 Å². The predicted octanol–water partition coefficient (Wildman–Crippen LogP) is 3.50. The molecule has 1 aromatic carbocycles. The molecular weight excluding hydrogens is 236 g/mol. The largest absolute Gasteiger partial charge is 0.299 e. The van der Waals surface area contributed by atoms with E-state index in [2.05, 4.69) is 25.1 Å². The van der Waals surface area contributed by atoms with Crippen LogP contribution in [-0.2, 0) is 16.0 Å². The summed E-state index contributed by atoms with van der Waals surface area (Å²) in [7, 11) is 0. The zero-order valence-electron chi connectivity index (χ0n) is 12.0. The Morgan fingerprint density at radius 3 is 2.37 bits per heavy atom. The average molecular weight is 258 g/mol. The molecule has 0 saturated heterocycles. The van der Waals surface area contributed by atoms with Gasteiger partial charge in [-0.2, -0.15) is 0 Å². The lowest BCUT2D eigenvalue weighted by Crippen LogP contribution is -2.37. The first-order valence-electron chi connectivity index (χ1n) is 6.98. The van der Waals surface area contributed by atoms with Crippen LogP contribution in [0.4, 0.5) is 0 Å². The molecular formula is C17H22O2. The van der Waals surface area contributed by atoms with Crippen LogP contribution < -0.4 is 0 Å². The Balaban J connectivity index is 2.00. The van der Waals surface area contributed by atoms with Gasteiger partial charge in [-0.15, -0.1) is 0 Å². The summed E-state index contributed by atoms with van der Waals surface area (Å²) in [5.74, 6) is -0.101. The number of hydrogen-bond acceptors (Lipinski definition) is 2. The molecule has 0 radical (unpaired) electrons. The minimum atomic E-state index is -0.367. The Bertz CT molecular complexity index is 480. The maximum Gasteiger partial charge on any atom is 0.143 e. The molecule has 1 aromatic rings. The Labute approximate surface area is 115 Å². The van der Waals surface area contributed by atoms with Crippen LogP contribution >= 0.6 is 0 Å². The fourth-order valence-electron chi connectivity index (χ4n) is 2.93. The third kappa shape index (κ3) is 3.52. The van der Waals surface area contributed by atoms with Crippen LogP contribution in [-0.4, -0.2) is 11.6 Å². The number of carbonyl (C=O) groups excluding carboxylic acids is 2. The van der Waals surface area contributed by atoms with Crippen molar-refractivity contribution in [2.45, 2.75) is 46.5 Å². The minimum Gasteiger partial charge on any atom is -0.299 e. The second-order valence-corrected chi connectivity index (χ2v) is 6.53. The highest BCUT2D eigenvalue weighted by atomic mass is 16.2. The fraction of sp³-hybridized carbons (Fsp3) is 0.529. The topological polar surface area (TPSA) is 34.1 Å². The van der Waals surface area contributed by atoms with E-state index >= 15 is 0 Å². The molecule has 0 N–H and O–H groups in total. The van der Waals surface area contributed by atoms with Gasteiger partial charge < -0.3 is 0 Å². The van der Waals surface area contributed by atoms with E-state index in [1.807, 2.05) is 19.9 Å². The van der Waals surface area contributed by atoms with Crippen molar-refractivity contribution in [1.82, 2.24) is 0 Å². The summed E-state index contributed by atoms with van der Waals surface area (Å²) in [5, 5.41) is 0. The van der Waals surface area contributed by atoms with Crippen LogP contribution in [0.25, 0.3) is 0 Å². The fourth-order valence-corrected chi connectivity index (χ4v) is 2.93. The minimum absolute atomic E-state index is 0.133. The van der Waals surface area contributed by atoms with Gasteiger partial charge in [-0.05, 0) is 30.7 Å². The second kappa shape index (κ2) is 5.28. The summed E-state index contributed by atoms with van der Waals surface area (Å²) in [6, 6.07) is 8.28. The van der Waals surface area contributed by atoms with Gasteiger partial charge in [0.25, 0.3) is 0 Å². The van der Waals surface area contributed by atoms with Gasteiger partial charge >= 0.3 is 0 Å². The van der Waals surface area contributed by atoms with Crippen LogP contribution in [0.15, 0.2) is 24.3 Å². The first-order valence-corrected chi connectivity index (χ1v) is 6.98. The normalized spacial score (nSPS) is 19.7. The van der Waals surface area contributed by atoms with Crippen LogP contribution in [0.5, 0.6) is 0 Å². The molecule has 1 aliphatic rings. The highest BCUT2D eigenvalue weighted by Gasteiger charge is 2.38. The summed E-state index contributed by atoms with van der Waals surface area (Å²) >= 11 is 0. The Morgan fingerprint density at radius 2 is 1.79 bits per heavy atom. The molecule has 0 spiro atoms. The molecule has 0 heterocycles. The van der Waals surface area contributed by atoms with Gasteiger partial charge in [0.2, 0.25) is 0 Å². The lowest BCUT2D eigenvalue weighted by Gasteiger charge is -2.32. The van der Waals surface area contributed by atoms with Crippen molar-refractivity contribution >= 4 is 11.6 Å². The van der Waals surface area contributed by atoms with Crippen molar-refractivity contribution in [3.05, 3.63) is 35.4 Å². The predicted molar refractivity (Wildman–Crippen MR) is 76.0 cm³/mol. The van der Waals surface area contributed by atoms with Crippen LogP contribution in [0.3, 0.4) is 0 Å². The highest BCUT2D eigenvalue weighted by molar-refractivity contribution is 6.05. The van der Waals surface area contributed by atoms with Gasteiger partial charge in [0.15, 0.2) is 0 Å². The third-order valence-electron chi connectivity index (χ3n) is 3.89. The third-order valence-corrected chi connectivity index (χ3v) is 3.89. The number of ketones is 2. The van der Waals surface area contributed by atoms with E-state index in [0.29, 0.717) is 19.3 Å². The van der Waals surface area contributed by atoms with Crippen LogP contribution in [0, 0.1) is 18.3 Å². The molecule has 1 aliphatic carbocycles. The highest BCUT2D eigenvalue weighted by Crippen LogP contribution is 2.35. The van der Waals surface area contributed by atoms with Crippen molar-refractivity contribution in [3.63, 3.8) is 0 Å². The number of benzene rings is 1. The van der Waals surface area contributed by atoms with Crippen molar-refractivity contribution < 1.29 is 9.59 Å². The summed E-state index contributed by atoms with van der Waals surface area (Å²) in [6.07, 6.45) is 2.55. The molecule has 19 heavy (non-hydrogen) atoms. The Kier molecular flexibility index (Phi) is 3.88. The molecule has 0 bridgehead atoms. The van der Waals surface area contributed by atoms with E-state index in [9.17, 15) is 9.59 Å². The van der Waals surface area contributed by atoms with Gasteiger partial charge in [0, 0.05) is 12.8 Å². The number of hydrogen-bond donors (Lipinski definition) is 0. The maximum atomic E-state index is 12.1. The molecule has 102 valence electrons. The van der Waals surface area contributed by atoms with Crippen LogP contribution in [0.2, 0.25) is 0 Å². The van der Waals surface area contributed by atoms with Crippen molar-refractivity contribution in [3.8, 4) is 0 Å². The van der Waals surface area contributed by atoms with E-state index in [4.69, 9.17) is 0 Å². The van der Waals surface area contributed by atoms with Gasteiger partial charge in [0.05, 0.1) is 5.92 Å². The van der Waals surface area contributed by atoms with Gasteiger partial charge in [-0.25, -0.2) is 0 Å². The quantitative estimate of drug-likeness (QED) is 0.778. The lowest BCUT2D eigenvalue weighted by atomic mass is 9.70. The van der Waals surface area contributed by atoms with Crippen molar-refractivity contribution in [2.24, 2.45) is 11.3 Å². The lowest BCUT2D eigenvalue weighted by molar-refractivity contribution is -0.139. The van der Waals surface area contributed by atoms with E-state index < -0.39 is 0 Å². The smallest absolute Gasteiger partial charge is 0.143 e. The summed E-state index contributed by atoms with van der Waals surface area (Å²) in [5.41, 5.74) is 2.29. The zero-order valence-corrected chi connectivity index (χ0v) is 12.0. The molecule has 0 aromatic heterocycles. The monoisotopic (exact) mass is 258 g/mol. The first-order chi connectivity index (χ1) is 8.87. The molecule has 1 fully saturated rings. The van der Waals surface area contributed by atoms with E-state index in [1.54, 1.807) is 0 Å². The number of carbonyl (C=O) groups is 2. The molecule has 2 nitrogen and oxygen atoms in total. The van der Waals surface area contributed by atoms with Gasteiger partial charge in [0.1, 0.15) is 11.6 Å². The molecule has 2 rings (SSSR count). The van der Waals surface area contributed by atoms with Crippen LogP contribution in [0.1, 0.15) is 44.2 Å². The Hall–Kier alpha value is -1.44. The van der Waals surface area contributed by atoms with E-state index in [1.165, 1.54) is 11.1 Å². The number of rotatable bonds is 3. The van der Waals surface area contributed by atoms with Crippen molar-refractivity contribution in [2.75, 3.05) is 0 Å². The van der Waals surface area contributed by atoms with E-state index in [0.717, 1.165) is 6.42 Å². The molecule has 0 aliphatic heterocycles. The average Bonchev–Trinajstić information content (AvgIpc) is 2.26. The number of aryl methyl sites for hydroxylation is 2. The maximum absolute atomic E-state index is 12.1. The Morgan fingerprint density at radius 1 is 1.16 bits per heavy atom. The molecule has 1 saturated carbocycles. The standard InChI is InChI=1S/C17H22O2/c1-12-5-4-6-13(9-12)7-8-14-15(18)10-17(2,3)11-16(14)19/h4-6,9,14H,7-8,10-11H2,1-3H3. The molecule has 0 unspecified atom stereocenters. The van der Waals surface area contributed by atoms with E-state index in [-0.39, 0.29) is 22.9 Å². The van der Waals surface area contributed by atoms with Gasteiger partial charge in [-0.1, -0.05) is 43.7 Å². The summed E-state index contributed by atoms with van der Waals surface area (Å²) in [6.45, 7) is 6.06. The SMILES string of the molecule is Cc1cccc(CCC2C(=O)CC(C)(C)CC2=O)c1.